The molecule has 0 fully saturated rings. The average molecular weight is 280 g/mol. The normalized spacial score (nSPS) is 11.2. The molecule has 1 aromatic heterocycles. The lowest BCUT2D eigenvalue weighted by Gasteiger charge is -2.20. The minimum Gasteiger partial charge on any atom is -0.492 e. The van der Waals surface area contributed by atoms with Gasteiger partial charge in [-0.3, -0.25) is 9.78 Å². The third kappa shape index (κ3) is 7.09. The van der Waals surface area contributed by atoms with Gasteiger partial charge in [-0.05, 0) is 39.3 Å². The van der Waals surface area contributed by atoms with Crippen molar-refractivity contribution in [3.05, 3.63) is 24.0 Å². The smallest absolute Gasteiger partial charge is 0.305 e. The number of hydrogen-bond donors (Lipinski definition) is 1. The number of aromatic nitrogens is 1. The molecule has 1 N–H and O–H groups in total. The van der Waals surface area contributed by atoms with Crippen molar-refractivity contribution in [2.24, 2.45) is 0 Å². The highest BCUT2D eigenvalue weighted by Gasteiger charge is 2.08. The maximum absolute atomic E-state index is 10.9. The molecular weight excluding hydrogens is 256 g/mol. The molecule has 0 radical (unpaired) electrons. The Bertz CT molecular complexity index is 410. The zero-order chi connectivity index (χ0) is 15.0. The molecule has 1 heterocycles. The van der Waals surface area contributed by atoms with Crippen LogP contribution in [0.4, 0.5) is 0 Å². The number of esters is 1. The second kappa shape index (κ2) is 7.85. The fourth-order valence-electron chi connectivity index (χ4n) is 1.47. The number of methoxy groups -OCH3 is 1. The maximum atomic E-state index is 10.9. The van der Waals surface area contributed by atoms with Gasteiger partial charge in [-0.25, -0.2) is 0 Å². The van der Waals surface area contributed by atoms with E-state index < -0.39 is 0 Å². The van der Waals surface area contributed by atoms with Gasteiger partial charge in [0.15, 0.2) is 0 Å². The van der Waals surface area contributed by atoms with Gasteiger partial charge in [0.25, 0.3) is 0 Å². The van der Waals surface area contributed by atoms with Crippen molar-refractivity contribution in [1.29, 1.82) is 0 Å². The molecule has 0 amide bonds. The molecule has 0 saturated carbocycles. The molecule has 1 rings (SSSR count). The van der Waals surface area contributed by atoms with E-state index in [2.05, 4.69) is 35.8 Å². The number of pyridine rings is 1. The predicted octanol–water partition coefficient (Wildman–Crippen LogP) is 2.30. The van der Waals surface area contributed by atoms with Gasteiger partial charge in [0.05, 0.1) is 25.6 Å². The summed E-state index contributed by atoms with van der Waals surface area (Å²) < 4.78 is 10.1. The molecule has 0 aliphatic rings. The number of hydrogen-bond acceptors (Lipinski definition) is 5. The maximum Gasteiger partial charge on any atom is 0.305 e. The standard InChI is InChI=1S/C15H24N2O3/c1-15(2,3)17-10-12-7-8-13(11-16-12)20-9-5-6-14(18)19-4/h7-8,11,17H,5-6,9-10H2,1-4H3. The van der Waals surface area contributed by atoms with Crippen molar-refractivity contribution in [2.75, 3.05) is 13.7 Å². The van der Waals surface area contributed by atoms with Crippen LogP contribution < -0.4 is 10.1 Å². The number of nitrogens with zero attached hydrogens (tertiary/aromatic N) is 1. The lowest BCUT2D eigenvalue weighted by molar-refractivity contribution is -0.140. The van der Waals surface area contributed by atoms with E-state index in [0.717, 1.165) is 18.0 Å². The van der Waals surface area contributed by atoms with E-state index in [1.165, 1.54) is 7.11 Å². The highest BCUT2D eigenvalue weighted by atomic mass is 16.5. The summed E-state index contributed by atoms with van der Waals surface area (Å²) in [6, 6.07) is 3.83. The van der Waals surface area contributed by atoms with Gasteiger partial charge in [0, 0.05) is 18.5 Å². The molecule has 0 atom stereocenters. The van der Waals surface area contributed by atoms with Crippen molar-refractivity contribution in [3.8, 4) is 5.75 Å². The predicted molar refractivity (Wildman–Crippen MR) is 77.6 cm³/mol. The van der Waals surface area contributed by atoms with Gasteiger partial charge in [-0.1, -0.05) is 0 Å². The van der Waals surface area contributed by atoms with Crippen LogP contribution in [0.1, 0.15) is 39.3 Å². The Labute approximate surface area is 120 Å². The van der Waals surface area contributed by atoms with Gasteiger partial charge in [0.2, 0.25) is 0 Å². The Morgan fingerprint density at radius 2 is 2.10 bits per heavy atom. The van der Waals surface area contributed by atoms with Crippen LogP contribution in [0, 0.1) is 0 Å². The van der Waals surface area contributed by atoms with Crippen LogP contribution in [0.3, 0.4) is 0 Å². The fourth-order valence-corrected chi connectivity index (χ4v) is 1.47. The van der Waals surface area contributed by atoms with Crippen LogP contribution in [0.25, 0.3) is 0 Å². The first-order valence-corrected chi connectivity index (χ1v) is 6.80. The van der Waals surface area contributed by atoms with Crippen LogP contribution in [-0.2, 0) is 16.1 Å². The number of carbonyl (C=O) groups is 1. The van der Waals surface area contributed by atoms with Crippen LogP contribution in [-0.4, -0.2) is 30.2 Å². The lowest BCUT2D eigenvalue weighted by Crippen LogP contribution is -2.35. The van der Waals surface area contributed by atoms with Crippen LogP contribution in [0.5, 0.6) is 5.75 Å². The molecule has 0 aliphatic heterocycles. The molecule has 0 aliphatic carbocycles. The van der Waals surface area contributed by atoms with Crippen molar-refractivity contribution < 1.29 is 14.3 Å². The Hall–Kier alpha value is -1.62. The van der Waals surface area contributed by atoms with E-state index in [9.17, 15) is 4.79 Å². The Morgan fingerprint density at radius 1 is 1.35 bits per heavy atom. The summed E-state index contributed by atoms with van der Waals surface area (Å²) in [4.78, 5) is 15.3. The molecule has 5 nitrogen and oxygen atoms in total. The minimum atomic E-state index is -0.213. The van der Waals surface area contributed by atoms with E-state index >= 15 is 0 Å². The summed E-state index contributed by atoms with van der Waals surface area (Å²) in [5.41, 5.74) is 1.05. The third-order valence-electron chi connectivity index (χ3n) is 2.62. The largest absolute Gasteiger partial charge is 0.492 e. The lowest BCUT2D eigenvalue weighted by atomic mass is 10.1. The second-order valence-electron chi connectivity index (χ2n) is 5.62. The first kappa shape index (κ1) is 16.4. The first-order chi connectivity index (χ1) is 9.40. The van der Waals surface area contributed by atoms with Crippen LogP contribution in [0.2, 0.25) is 0 Å². The molecule has 20 heavy (non-hydrogen) atoms. The van der Waals surface area contributed by atoms with Crippen molar-refractivity contribution in [2.45, 2.75) is 45.7 Å². The monoisotopic (exact) mass is 280 g/mol. The molecule has 0 saturated heterocycles. The summed E-state index contributed by atoms with van der Waals surface area (Å²) in [7, 11) is 1.39. The molecule has 112 valence electrons. The zero-order valence-corrected chi connectivity index (χ0v) is 12.7. The Kier molecular flexibility index (Phi) is 6.45. The van der Waals surface area contributed by atoms with Crippen LogP contribution >= 0.6 is 0 Å². The number of ether oxygens (including phenoxy) is 2. The Balaban J connectivity index is 2.30. The first-order valence-electron chi connectivity index (χ1n) is 6.80. The fraction of sp³-hybridized carbons (Fsp3) is 0.600. The summed E-state index contributed by atoms with van der Waals surface area (Å²) in [5, 5.41) is 3.37. The van der Waals surface area contributed by atoms with Crippen molar-refractivity contribution >= 4 is 5.97 Å². The summed E-state index contributed by atoms with van der Waals surface area (Å²) in [5.74, 6) is 0.504. The van der Waals surface area contributed by atoms with Gasteiger partial charge in [0.1, 0.15) is 5.75 Å². The van der Waals surface area contributed by atoms with Gasteiger partial charge in [-0.2, -0.15) is 0 Å². The van der Waals surface area contributed by atoms with Gasteiger partial charge < -0.3 is 14.8 Å². The molecular formula is C15H24N2O3. The molecule has 0 aromatic carbocycles. The van der Waals surface area contributed by atoms with Crippen LogP contribution in [0.15, 0.2) is 18.3 Å². The van der Waals surface area contributed by atoms with E-state index in [1.807, 2.05) is 12.1 Å². The quantitative estimate of drug-likeness (QED) is 0.613. The van der Waals surface area contributed by atoms with Crippen molar-refractivity contribution in [1.82, 2.24) is 10.3 Å². The SMILES string of the molecule is COC(=O)CCCOc1ccc(CNC(C)(C)C)nc1. The summed E-state index contributed by atoms with van der Waals surface area (Å²) in [6.07, 6.45) is 2.72. The van der Waals surface area contributed by atoms with Gasteiger partial charge >= 0.3 is 5.97 Å². The summed E-state index contributed by atoms with van der Waals surface area (Å²) >= 11 is 0. The molecule has 0 spiro atoms. The Morgan fingerprint density at radius 3 is 2.65 bits per heavy atom. The van der Waals surface area contributed by atoms with E-state index in [1.54, 1.807) is 6.20 Å². The highest BCUT2D eigenvalue weighted by molar-refractivity contribution is 5.68. The third-order valence-corrected chi connectivity index (χ3v) is 2.62. The number of nitrogens with one attached hydrogen (secondary N) is 1. The van der Waals surface area contributed by atoms with E-state index in [-0.39, 0.29) is 11.5 Å². The van der Waals surface area contributed by atoms with Crippen molar-refractivity contribution in [3.63, 3.8) is 0 Å². The average Bonchev–Trinajstić information content (AvgIpc) is 2.41. The topological polar surface area (TPSA) is 60.5 Å². The zero-order valence-electron chi connectivity index (χ0n) is 12.7. The highest BCUT2D eigenvalue weighted by Crippen LogP contribution is 2.10. The summed E-state index contributed by atoms with van der Waals surface area (Å²) in [6.45, 7) is 7.56. The molecule has 0 bridgehead atoms. The van der Waals surface area contributed by atoms with E-state index in [4.69, 9.17) is 4.74 Å². The number of carbonyl (C=O) groups excluding carboxylic acids is 1. The van der Waals surface area contributed by atoms with Gasteiger partial charge in [-0.15, -0.1) is 0 Å². The number of rotatable bonds is 7. The second-order valence-corrected chi connectivity index (χ2v) is 5.62. The molecule has 1 aromatic rings. The molecule has 5 heteroatoms. The van der Waals surface area contributed by atoms with E-state index in [0.29, 0.717) is 19.4 Å². The molecule has 0 unspecified atom stereocenters. The minimum absolute atomic E-state index is 0.0741.